The van der Waals surface area contributed by atoms with E-state index in [0.717, 1.165) is 13.0 Å². The molecule has 0 aromatic heterocycles. The number of hydrogen-bond donors (Lipinski definition) is 0. The maximum atomic E-state index is 11.5. The lowest BCUT2D eigenvalue weighted by molar-refractivity contribution is -0.144. The smallest absolute Gasteiger partial charge is 0.320 e. The summed E-state index contributed by atoms with van der Waals surface area (Å²) in [5.74, 6) is 0.259. The summed E-state index contributed by atoms with van der Waals surface area (Å²) < 4.78 is 10.6. The molecule has 6 heteroatoms. The van der Waals surface area contributed by atoms with Crippen LogP contribution >= 0.6 is 23.2 Å². The van der Waals surface area contributed by atoms with E-state index in [0.29, 0.717) is 35.6 Å². The van der Waals surface area contributed by atoms with Gasteiger partial charge in [0.2, 0.25) is 0 Å². The Bertz CT molecular complexity index is 434. The third-order valence-electron chi connectivity index (χ3n) is 2.77. The van der Waals surface area contributed by atoms with Crippen molar-refractivity contribution in [1.82, 2.24) is 4.90 Å². The highest BCUT2D eigenvalue weighted by Crippen LogP contribution is 2.32. The van der Waals surface area contributed by atoms with Gasteiger partial charge in [0.05, 0.1) is 23.2 Å². The van der Waals surface area contributed by atoms with Crippen LogP contribution in [0, 0.1) is 0 Å². The molecule has 0 N–H and O–H groups in total. The average Bonchev–Trinajstić information content (AvgIpc) is 2.42. The highest BCUT2D eigenvalue weighted by atomic mass is 35.5. The molecule has 118 valence electrons. The molecule has 1 aromatic carbocycles. The van der Waals surface area contributed by atoms with E-state index in [4.69, 9.17) is 32.7 Å². The largest absolute Gasteiger partial charge is 0.489 e. The van der Waals surface area contributed by atoms with E-state index in [9.17, 15) is 4.79 Å². The summed E-state index contributed by atoms with van der Waals surface area (Å²) in [6.07, 6.45) is 0.951. The summed E-state index contributed by atoms with van der Waals surface area (Å²) in [6.45, 7) is 6.33. The predicted octanol–water partition coefficient (Wildman–Crippen LogP) is 3.65. The molecule has 0 saturated heterocycles. The first-order valence-corrected chi connectivity index (χ1v) is 7.78. The number of carbonyl (C=O) groups is 1. The van der Waals surface area contributed by atoms with Crippen LogP contribution < -0.4 is 4.74 Å². The van der Waals surface area contributed by atoms with Crippen molar-refractivity contribution in [3.8, 4) is 5.75 Å². The zero-order valence-corrected chi connectivity index (χ0v) is 13.9. The van der Waals surface area contributed by atoms with Crippen LogP contribution in [0.15, 0.2) is 18.2 Å². The molecule has 0 aliphatic carbocycles. The van der Waals surface area contributed by atoms with E-state index in [1.54, 1.807) is 25.1 Å². The van der Waals surface area contributed by atoms with Gasteiger partial charge in [0, 0.05) is 6.54 Å². The van der Waals surface area contributed by atoms with Crippen LogP contribution in [-0.4, -0.2) is 43.7 Å². The van der Waals surface area contributed by atoms with Gasteiger partial charge in [-0.15, -0.1) is 0 Å². The lowest BCUT2D eigenvalue weighted by Crippen LogP contribution is -2.35. The van der Waals surface area contributed by atoms with Crippen molar-refractivity contribution in [2.24, 2.45) is 0 Å². The highest BCUT2D eigenvalue weighted by Gasteiger charge is 2.12. The summed E-state index contributed by atoms with van der Waals surface area (Å²) >= 11 is 12.1. The Hall–Kier alpha value is -0.970. The molecule has 1 rings (SSSR count). The van der Waals surface area contributed by atoms with Crippen LogP contribution in [0.4, 0.5) is 0 Å². The van der Waals surface area contributed by atoms with Crippen molar-refractivity contribution >= 4 is 29.2 Å². The zero-order valence-electron chi connectivity index (χ0n) is 12.4. The molecular formula is C15H21Cl2NO3. The lowest BCUT2D eigenvalue weighted by atomic mass is 10.3. The fraction of sp³-hybridized carbons (Fsp3) is 0.533. The van der Waals surface area contributed by atoms with Gasteiger partial charge in [0.25, 0.3) is 0 Å². The van der Waals surface area contributed by atoms with Crippen molar-refractivity contribution in [3.05, 3.63) is 28.2 Å². The predicted molar refractivity (Wildman–Crippen MR) is 85.3 cm³/mol. The third-order valence-corrected chi connectivity index (χ3v) is 3.37. The molecule has 1 aromatic rings. The van der Waals surface area contributed by atoms with Crippen LogP contribution in [0.25, 0.3) is 0 Å². The Balaban J connectivity index is 2.48. The minimum atomic E-state index is -0.221. The molecule has 0 aliphatic heterocycles. The molecule has 0 heterocycles. The van der Waals surface area contributed by atoms with Crippen LogP contribution in [0.1, 0.15) is 20.3 Å². The number of esters is 1. The molecule has 0 aliphatic rings. The Morgan fingerprint density at radius 2 is 1.86 bits per heavy atom. The van der Waals surface area contributed by atoms with Gasteiger partial charge in [0.1, 0.15) is 6.61 Å². The number of para-hydroxylation sites is 1. The van der Waals surface area contributed by atoms with Crippen molar-refractivity contribution < 1.29 is 14.3 Å². The fourth-order valence-electron chi connectivity index (χ4n) is 1.87. The van der Waals surface area contributed by atoms with E-state index >= 15 is 0 Å². The Kier molecular flexibility index (Phi) is 8.50. The van der Waals surface area contributed by atoms with Gasteiger partial charge in [-0.2, -0.15) is 0 Å². The first-order chi connectivity index (χ1) is 10.1. The van der Waals surface area contributed by atoms with Crippen LogP contribution in [0.5, 0.6) is 5.75 Å². The normalized spacial score (nSPS) is 10.7. The second-order valence-electron chi connectivity index (χ2n) is 4.48. The molecule has 0 fully saturated rings. The summed E-state index contributed by atoms with van der Waals surface area (Å²) in [5.41, 5.74) is 0. The van der Waals surface area contributed by atoms with Crippen LogP contribution in [-0.2, 0) is 9.53 Å². The van der Waals surface area contributed by atoms with E-state index in [2.05, 4.69) is 6.92 Å². The number of halogens is 2. The molecule has 0 spiro atoms. The number of nitrogens with zero attached hydrogens (tertiary/aromatic N) is 1. The maximum Gasteiger partial charge on any atom is 0.320 e. The minimum absolute atomic E-state index is 0.221. The first-order valence-electron chi connectivity index (χ1n) is 7.03. The van der Waals surface area contributed by atoms with Gasteiger partial charge < -0.3 is 9.47 Å². The monoisotopic (exact) mass is 333 g/mol. The topological polar surface area (TPSA) is 38.8 Å². The molecular weight excluding hydrogens is 313 g/mol. The quantitative estimate of drug-likeness (QED) is 0.646. The summed E-state index contributed by atoms with van der Waals surface area (Å²) in [7, 11) is 0. The standard InChI is InChI=1S/C15H21Cl2NO3/c1-3-8-18(11-14(19)20-4-2)9-10-21-15-12(16)6-5-7-13(15)17/h5-7H,3-4,8-11H2,1-2H3. The summed E-state index contributed by atoms with van der Waals surface area (Å²) in [5, 5.41) is 0.963. The number of carbonyl (C=O) groups excluding carboxylic acids is 1. The van der Waals surface area contributed by atoms with Crippen LogP contribution in [0.3, 0.4) is 0 Å². The van der Waals surface area contributed by atoms with Crippen molar-refractivity contribution in [1.29, 1.82) is 0 Å². The number of rotatable bonds is 9. The Morgan fingerprint density at radius 3 is 2.43 bits per heavy atom. The van der Waals surface area contributed by atoms with Gasteiger partial charge in [-0.1, -0.05) is 36.2 Å². The van der Waals surface area contributed by atoms with Crippen molar-refractivity contribution in [3.63, 3.8) is 0 Å². The maximum absolute atomic E-state index is 11.5. The van der Waals surface area contributed by atoms with Gasteiger partial charge in [0.15, 0.2) is 5.75 Å². The second kappa shape index (κ2) is 9.87. The molecule has 0 amide bonds. The van der Waals surface area contributed by atoms with Crippen molar-refractivity contribution in [2.75, 3.05) is 32.8 Å². The molecule has 0 unspecified atom stereocenters. The second-order valence-corrected chi connectivity index (χ2v) is 5.29. The number of benzene rings is 1. The molecule has 4 nitrogen and oxygen atoms in total. The molecule has 0 saturated carbocycles. The Labute approximate surface area is 135 Å². The zero-order chi connectivity index (χ0) is 15.7. The molecule has 0 atom stereocenters. The lowest BCUT2D eigenvalue weighted by Gasteiger charge is -2.21. The summed E-state index contributed by atoms with van der Waals surface area (Å²) in [4.78, 5) is 13.5. The van der Waals surface area contributed by atoms with E-state index in [1.807, 2.05) is 4.90 Å². The van der Waals surface area contributed by atoms with Gasteiger partial charge in [-0.05, 0) is 32.0 Å². The SMILES string of the molecule is CCCN(CCOc1c(Cl)cccc1Cl)CC(=O)OCC. The summed E-state index contributed by atoms with van der Waals surface area (Å²) in [6, 6.07) is 5.22. The van der Waals surface area contributed by atoms with Gasteiger partial charge in [-0.25, -0.2) is 0 Å². The van der Waals surface area contributed by atoms with Crippen molar-refractivity contribution in [2.45, 2.75) is 20.3 Å². The van der Waals surface area contributed by atoms with Gasteiger partial charge >= 0.3 is 5.97 Å². The van der Waals surface area contributed by atoms with Crippen LogP contribution in [0.2, 0.25) is 10.0 Å². The molecule has 0 radical (unpaired) electrons. The molecule has 21 heavy (non-hydrogen) atoms. The Morgan fingerprint density at radius 1 is 1.19 bits per heavy atom. The fourth-order valence-corrected chi connectivity index (χ4v) is 2.38. The number of ether oxygens (including phenoxy) is 2. The van der Waals surface area contributed by atoms with E-state index in [1.165, 1.54) is 0 Å². The first kappa shape index (κ1) is 18.1. The average molecular weight is 334 g/mol. The van der Waals surface area contributed by atoms with E-state index in [-0.39, 0.29) is 12.5 Å². The van der Waals surface area contributed by atoms with E-state index < -0.39 is 0 Å². The van der Waals surface area contributed by atoms with Gasteiger partial charge in [-0.3, -0.25) is 9.69 Å². The minimum Gasteiger partial charge on any atom is -0.489 e. The molecule has 0 bridgehead atoms. The number of hydrogen-bond acceptors (Lipinski definition) is 4. The highest BCUT2D eigenvalue weighted by molar-refractivity contribution is 6.37. The third kappa shape index (κ3) is 6.55.